The number of nitrogens with zero attached hydrogens (tertiary/aromatic N) is 3. The zero-order valence-corrected chi connectivity index (χ0v) is 21.7. The van der Waals surface area contributed by atoms with Crippen molar-refractivity contribution >= 4 is 41.3 Å². The first-order chi connectivity index (χ1) is 17.8. The predicted octanol–water partition coefficient (Wildman–Crippen LogP) is 2.76. The summed E-state index contributed by atoms with van der Waals surface area (Å²) in [6.45, 7) is 3.31. The number of aromatic hydroxyl groups is 1. The number of aromatic nitrogens is 2. The number of methoxy groups -OCH3 is 1. The maximum absolute atomic E-state index is 12.6. The normalized spacial score (nSPS) is 15.3. The highest BCUT2D eigenvalue weighted by atomic mass is 32.1. The molecular formula is C26H29N5O5S. The molecule has 1 aliphatic rings. The summed E-state index contributed by atoms with van der Waals surface area (Å²) in [5.74, 6) is -0.345. The number of hydrogen-bond donors (Lipinski definition) is 3. The first-order valence-electron chi connectivity index (χ1n) is 11.9. The average molecular weight is 524 g/mol. The molecule has 194 valence electrons. The Hall–Kier alpha value is -3.99. The number of thiophene rings is 1. The molecule has 11 heteroatoms. The fourth-order valence-electron chi connectivity index (χ4n) is 4.62. The van der Waals surface area contributed by atoms with Gasteiger partial charge in [-0.2, -0.15) is 0 Å². The Morgan fingerprint density at radius 1 is 1.24 bits per heavy atom. The standard InChI is InChI=1S/C26H29N5O5S/c1-15-23(31(14-32)20(25(35)36-3)13-27-24(34)22-8-5-11-37-22)16(2)29-26(28-15)30-18-10-9-17-6-4-7-21(33)19(17)12-18/h4-8,11,14,18,20,33H,9-10,12-13H2,1-3H3,(H,27,34)(H,28,29,30). The zero-order chi connectivity index (χ0) is 26.5. The van der Waals surface area contributed by atoms with E-state index in [0.717, 1.165) is 24.0 Å². The molecule has 0 saturated heterocycles. The van der Waals surface area contributed by atoms with E-state index in [4.69, 9.17) is 4.74 Å². The molecule has 0 aliphatic heterocycles. The highest BCUT2D eigenvalue weighted by Gasteiger charge is 2.31. The summed E-state index contributed by atoms with van der Waals surface area (Å²) >= 11 is 1.27. The Bertz CT molecular complexity index is 1270. The van der Waals surface area contributed by atoms with Gasteiger partial charge in [-0.15, -0.1) is 11.3 Å². The first kappa shape index (κ1) is 26.1. The van der Waals surface area contributed by atoms with E-state index in [9.17, 15) is 19.5 Å². The molecule has 0 fully saturated rings. The van der Waals surface area contributed by atoms with Gasteiger partial charge in [-0.25, -0.2) is 14.8 Å². The maximum atomic E-state index is 12.6. The van der Waals surface area contributed by atoms with Gasteiger partial charge in [0.15, 0.2) is 6.04 Å². The molecule has 2 heterocycles. The number of fused-ring (bicyclic) bond motifs is 1. The van der Waals surface area contributed by atoms with Crippen LogP contribution in [0.4, 0.5) is 11.6 Å². The number of carbonyl (C=O) groups excluding carboxylic acids is 3. The van der Waals surface area contributed by atoms with Gasteiger partial charge in [0, 0.05) is 12.6 Å². The molecule has 0 saturated carbocycles. The Labute approximate surface area is 218 Å². The van der Waals surface area contributed by atoms with E-state index < -0.39 is 12.0 Å². The predicted molar refractivity (Wildman–Crippen MR) is 140 cm³/mol. The molecule has 3 N–H and O–H groups in total. The summed E-state index contributed by atoms with van der Waals surface area (Å²) in [4.78, 5) is 48.1. The molecule has 2 amide bonds. The number of benzene rings is 1. The van der Waals surface area contributed by atoms with Crippen LogP contribution in [-0.2, 0) is 27.2 Å². The SMILES string of the molecule is COC(=O)C(CNC(=O)c1cccs1)N(C=O)c1c(C)nc(NC2CCc3cccc(O)c3C2)nc1C. The summed E-state index contributed by atoms with van der Waals surface area (Å²) in [5.41, 5.74) is 3.41. The van der Waals surface area contributed by atoms with Crippen LogP contribution in [0.1, 0.15) is 38.6 Å². The van der Waals surface area contributed by atoms with E-state index in [-0.39, 0.29) is 24.2 Å². The summed E-state index contributed by atoms with van der Waals surface area (Å²) < 4.78 is 4.92. The number of hydrogen-bond acceptors (Lipinski definition) is 9. The van der Waals surface area contributed by atoms with Crippen LogP contribution < -0.4 is 15.5 Å². The maximum Gasteiger partial charge on any atom is 0.330 e. The lowest BCUT2D eigenvalue weighted by Gasteiger charge is -2.29. The van der Waals surface area contributed by atoms with Crippen LogP contribution in [0.25, 0.3) is 0 Å². The number of nitrogens with one attached hydrogen (secondary N) is 2. The minimum Gasteiger partial charge on any atom is -0.508 e. The fourth-order valence-corrected chi connectivity index (χ4v) is 5.26. The zero-order valence-electron chi connectivity index (χ0n) is 20.9. The Balaban J connectivity index is 1.53. The minimum absolute atomic E-state index is 0.0305. The second-order valence-electron chi connectivity index (χ2n) is 8.80. The molecule has 10 nitrogen and oxygen atoms in total. The van der Waals surface area contributed by atoms with E-state index in [0.29, 0.717) is 40.7 Å². The van der Waals surface area contributed by atoms with Crippen LogP contribution in [-0.4, -0.2) is 59.1 Å². The van der Waals surface area contributed by atoms with Crippen molar-refractivity contribution in [1.82, 2.24) is 15.3 Å². The number of anilines is 2. The molecule has 2 atom stereocenters. The second-order valence-corrected chi connectivity index (χ2v) is 9.75. The lowest BCUT2D eigenvalue weighted by molar-refractivity contribution is -0.142. The van der Waals surface area contributed by atoms with Crippen molar-refractivity contribution in [2.24, 2.45) is 0 Å². The van der Waals surface area contributed by atoms with Crippen molar-refractivity contribution in [3.8, 4) is 5.75 Å². The summed E-state index contributed by atoms with van der Waals surface area (Å²) in [5, 5.41) is 18.1. The second kappa shape index (κ2) is 11.4. The average Bonchev–Trinajstić information content (AvgIpc) is 3.42. The van der Waals surface area contributed by atoms with Crippen LogP contribution in [0.2, 0.25) is 0 Å². The van der Waals surface area contributed by atoms with E-state index in [1.807, 2.05) is 12.1 Å². The monoisotopic (exact) mass is 523 g/mol. The van der Waals surface area contributed by atoms with Crippen molar-refractivity contribution in [2.45, 2.75) is 45.2 Å². The van der Waals surface area contributed by atoms with E-state index >= 15 is 0 Å². The minimum atomic E-state index is -1.11. The quantitative estimate of drug-likeness (QED) is 0.288. The van der Waals surface area contributed by atoms with Gasteiger partial charge in [-0.3, -0.25) is 14.5 Å². The van der Waals surface area contributed by atoms with E-state index in [2.05, 4.69) is 20.6 Å². The van der Waals surface area contributed by atoms with Gasteiger partial charge in [-0.1, -0.05) is 18.2 Å². The van der Waals surface area contributed by atoms with Crippen LogP contribution in [0.5, 0.6) is 5.75 Å². The Morgan fingerprint density at radius 3 is 2.65 bits per heavy atom. The molecule has 3 aromatic rings. The number of phenols is 1. The molecule has 1 aliphatic carbocycles. The van der Waals surface area contributed by atoms with Crippen LogP contribution in [0.3, 0.4) is 0 Å². The number of rotatable bonds is 9. The molecule has 0 bridgehead atoms. The van der Waals surface area contributed by atoms with E-state index in [1.54, 1.807) is 37.4 Å². The van der Waals surface area contributed by atoms with Gasteiger partial charge in [0.2, 0.25) is 12.4 Å². The van der Waals surface area contributed by atoms with Crippen molar-refractivity contribution in [1.29, 1.82) is 0 Å². The first-order valence-corrected chi connectivity index (χ1v) is 12.7. The van der Waals surface area contributed by atoms with Gasteiger partial charge >= 0.3 is 5.97 Å². The highest BCUT2D eigenvalue weighted by Crippen LogP contribution is 2.30. The lowest BCUT2D eigenvalue weighted by Crippen LogP contribution is -2.49. The number of ether oxygens (including phenoxy) is 1. The third-order valence-corrected chi connectivity index (χ3v) is 7.28. The molecule has 37 heavy (non-hydrogen) atoms. The molecule has 2 unspecified atom stereocenters. The third-order valence-electron chi connectivity index (χ3n) is 6.41. The molecule has 1 aromatic carbocycles. The van der Waals surface area contributed by atoms with Gasteiger partial charge in [-0.05, 0) is 61.7 Å². The largest absolute Gasteiger partial charge is 0.508 e. The number of phenolic OH excluding ortho intramolecular Hbond substituents is 1. The van der Waals surface area contributed by atoms with Gasteiger partial charge in [0.25, 0.3) is 5.91 Å². The number of amides is 2. The van der Waals surface area contributed by atoms with Gasteiger partial charge < -0.3 is 20.5 Å². The Morgan fingerprint density at radius 2 is 2.00 bits per heavy atom. The number of esters is 1. The van der Waals surface area contributed by atoms with Crippen molar-refractivity contribution in [3.63, 3.8) is 0 Å². The third kappa shape index (κ3) is 5.72. The fraction of sp³-hybridized carbons (Fsp3) is 0.346. The topological polar surface area (TPSA) is 134 Å². The van der Waals surface area contributed by atoms with Crippen LogP contribution in [0, 0.1) is 13.8 Å². The lowest BCUT2D eigenvalue weighted by atomic mass is 9.88. The molecule has 4 rings (SSSR count). The van der Waals surface area contributed by atoms with Crippen LogP contribution in [0.15, 0.2) is 35.7 Å². The van der Waals surface area contributed by atoms with Crippen molar-refractivity contribution in [3.05, 3.63) is 63.1 Å². The number of aryl methyl sites for hydroxylation is 3. The highest BCUT2D eigenvalue weighted by molar-refractivity contribution is 7.12. The summed E-state index contributed by atoms with van der Waals surface area (Å²) in [6.07, 6.45) is 2.84. The van der Waals surface area contributed by atoms with E-state index in [1.165, 1.54) is 23.3 Å². The molecular weight excluding hydrogens is 494 g/mol. The summed E-state index contributed by atoms with van der Waals surface area (Å²) in [6, 6.07) is 7.92. The van der Waals surface area contributed by atoms with Gasteiger partial charge in [0.1, 0.15) is 5.75 Å². The molecule has 0 spiro atoms. The Kier molecular flexibility index (Phi) is 8.02. The van der Waals surface area contributed by atoms with Crippen molar-refractivity contribution < 1.29 is 24.2 Å². The number of carbonyl (C=O) groups is 3. The van der Waals surface area contributed by atoms with Crippen molar-refractivity contribution in [2.75, 3.05) is 23.9 Å². The molecule has 0 radical (unpaired) electrons. The smallest absolute Gasteiger partial charge is 0.330 e. The van der Waals surface area contributed by atoms with Gasteiger partial charge in [0.05, 0.1) is 29.1 Å². The summed E-state index contributed by atoms with van der Waals surface area (Å²) in [7, 11) is 1.22. The molecule has 2 aromatic heterocycles. The van der Waals surface area contributed by atoms with Crippen LogP contribution >= 0.6 is 11.3 Å².